The molecule has 0 bridgehead atoms. The Morgan fingerprint density at radius 2 is 1.71 bits per heavy atom. The zero-order valence-electron chi connectivity index (χ0n) is 27.2. The molecule has 0 spiro atoms. The van der Waals surface area contributed by atoms with Crippen LogP contribution in [0.4, 0.5) is 4.39 Å². The van der Waals surface area contributed by atoms with Crippen LogP contribution in [0.3, 0.4) is 0 Å². The average molecular weight is 735 g/mol. The lowest BCUT2D eigenvalue weighted by Crippen LogP contribution is -2.38. The van der Waals surface area contributed by atoms with E-state index in [1.807, 2.05) is 7.05 Å². The van der Waals surface area contributed by atoms with Crippen LogP contribution in [0, 0.1) is 5.82 Å². The second-order valence-electron chi connectivity index (χ2n) is 11.4. The van der Waals surface area contributed by atoms with Crippen molar-refractivity contribution in [3.8, 4) is 11.5 Å². The number of methoxy groups -OCH3 is 2. The minimum Gasteiger partial charge on any atom is -0.870 e. The first-order valence-corrected chi connectivity index (χ1v) is 17.0. The van der Waals surface area contributed by atoms with Gasteiger partial charge in [-0.15, -0.1) is 11.3 Å². The highest BCUT2D eigenvalue weighted by Gasteiger charge is 2.29. The average Bonchev–Trinajstić information content (AvgIpc) is 3.57. The Balaban J connectivity index is 0.00000541. The number of esters is 2. The molecule has 49 heavy (non-hydrogen) atoms. The van der Waals surface area contributed by atoms with Gasteiger partial charge in [-0.2, -0.15) is 0 Å². The van der Waals surface area contributed by atoms with Gasteiger partial charge >= 0.3 is 11.9 Å². The highest BCUT2D eigenvalue weighted by molar-refractivity contribution is 7.13. The van der Waals surface area contributed by atoms with Gasteiger partial charge in [0.25, 0.3) is 0 Å². The Morgan fingerprint density at radius 1 is 1.02 bits per heavy atom. The highest BCUT2D eigenvalue weighted by atomic mass is 35.5. The van der Waals surface area contributed by atoms with Crippen LogP contribution in [-0.4, -0.2) is 62.8 Å². The molecule has 3 heterocycles. The van der Waals surface area contributed by atoms with Gasteiger partial charge < -0.3 is 29.3 Å². The number of pyridine rings is 1. The number of halogens is 3. The molecule has 0 aliphatic carbocycles. The fraction of sp³-hybridized carbons (Fsp3) is 0.343. The summed E-state index contributed by atoms with van der Waals surface area (Å²) < 4.78 is 37.6. The van der Waals surface area contributed by atoms with Crippen LogP contribution in [0.15, 0.2) is 67.0 Å². The van der Waals surface area contributed by atoms with Crippen molar-refractivity contribution in [2.75, 3.05) is 34.4 Å². The van der Waals surface area contributed by atoms with Crippen molar-refractivity contribution in [2.24, 2.45) is 0 Å². The number of benzene rings is 2. The molecule has 3 N–H and O–H groups in total. The quantitative estimate of drug-likeness (QED) is 0.154. The lowest BCUT2D eigenvalue weighted by Gasteiger charge is -2.30. The molecule has 1 unspecified atom stereocenters. The molecule has 262 valence electrons. The number of hydrogen-bond donors (Lipinski definition) is 1. The molecule has 0 amide bonds. The van der Waals surface area contributed by atoms with Crippen molar-refractivity contribution in [3.05, 3.63) is 109 Å². The first kappa shape index (κ1) is 38.0. The number of aromatic amines is 1. The summed E-state index contributed by atoms with van der Waals surface area (Å²) in [5.74, 6) is -0.620. The lowest BCUT2D eigenvalue weighted by molar-refractivity contribution is -0.377. The second kappa shape index (κ2) is 17.7. The fourth-order valence-corrected chi connectivity index (χ4v) is 6.85. The van der Waals surface area contributed by atoms with Crippen LogP contribution in [0.25, 0.3) is 0 Å². The van der Waals surface area contributed by atoms with Gasteiger partial charge in [-0.1, -0.05) is 47.5 Å². The van der Waals surface area contributed by atoms with Crippen LogP contribution in [0.2, 0.25) is 10.0 Å². The maximum atomic E-state index is 14.9. The van der Waals surface area contributed by atoms with Gasteiger partial charge in [-0.05, 0) is 55.8 Å². The minimum atomic E-state index is -1.03. The molecule has 1 fully saturated rings. The summed E-state index contributed by atoms with van der Waals surface area (Å²) in [6, 6.07) is 13.8. The molecule has 0 saturated carbocycles. The zero-order chi connectivity index (χ0) is 34.2. The molecule has 2 atom stereocenters. The number of nitrogens with one attached hydrogen (secondary N) is 2. The minimum absolute atomic E-state index is 0. The summed E-state index contributed by atoms with van der Waals surface area (Å²) in [4.78, 5) is 33.0. The molecule has 4 aromatic rings. The lowest BCUT2D eigenvalue weighted by atomic mass is 10.0. The van der Waals surface area contributed by atoms with Crippen LogP contribution in [-0.2, 0) is 27.2 Å². The third-order valence-corrected chi connectivity index (χ3v) is 9.90. The van der Waals surface area contributed by atoms with Crippen molar-refractivity contribution in [1.82, 2.24) is 10.2 Å². The number of aromatic nitrogens is 1. The van der Waals surface area contributed by atoms with Gasteiger partial charge in [0.05, 0.1) is 14.2 Å². The van der Waals surface area contributed by atoms with E-state index >= 15 is 0 Å². The molecule has 5 rings (SSSR count). The van der Waals surface area contributed by atoms with Crippen molar-refractivity contribution in [1.29, 1.82) is 0 Å². The van der Waals surface area contributed by atoms with E-state index in [0.717, 1.165) is 18.0 Å². The van der Waals surface area contributed by atoms with Crippen molar-refractivity contribution >= 4 is 46.5 Å². The van der Waals surface area contributed by atoms with E-state index in [4.69, 9.17) is 42.1 Å². The predicted molar refractivity (Wildman–Crippen MR) is 183 cm³/mol. The van der Waals surface area contributed by atoms with Crippen LogP contribution in [0.5, 0.6) is 11.5 Å². The highest BCUT2D eigenvalue weighted by Crippen LogP contribution is 2.36. The second-order valence-corrected chi connectivity index (χ2v) is 13.4. The van der Waals surface area contributed by atoms with Crippen molar-refractivity contribution in [2.45, 2.75) is 44.1 Å². The summed E-state index contributed by atoms with van der Waals surface area (Å²) in [7, 11) is 5.09. The van der Waals surface area contributed by atoms with E-state index in [-0.39, 0.29) is 30.1 Å². The maximum Gasteiger partial charge on any atom is 0.348 e. The Hall–Kier alpha value is -3.78. The van der Waals surface area contributed by atoms with E-state index < -0.39 is 29.9 Å². The van der Waals surface area contributed by atoms with E-state index in [1.165, 1.54) is 31.6 Å². The third kappa shape index (κ3) is 9.68. The smallest absolute Gasteiger partial charge is 0.348 e. The van der Waals surface area contributed by atoms with Crippen molar-refractivity contribution < 1.29 is 43.4 Å². The molecule has 0 radical (unpaired) electrons. The van der Waals surface area contributed by atoms with Gasteiger partial charge in [0.2, 0.25) is 0 Å². The Labute approximate surface area is 298 Å². The standard InChI is InChI=1S/C35H36Cl2FN3O6S.H2O/c1-41-14-12-22(13-15-41)46-35(43)33(24-6-4-5-7-28(24)38)40-18-23-9-11-32(48-23)34(42)47-30(17-25-26(36)19-39-20-27(25)37)21-8-10-29(44-2)31(16-21)45-3;/h4-11,16,19-20,22,30,33,40H,12-15,17-18H2,1-3H3;1H2/t30-,33?;/m0./s1. The molecular formula is C35H38Cl2FN3O7S. The molecular weight excluding hydrogens is 696 g/mol. The molecule has 1 aliphatic heterocycles. The number of likely N-dealkylation sites (tertiary alicyclic amines) is 1. The van der Waals surface area contributed by atoms with Gasteiger partial charge in [-0.25, -0.2) is 19.0 Å². The zero-order valence-corrected chi connectivity index (χ0v) is 29.5. The largest absolute Gasteiger partial charge is 0.870 e. The molecule has 2 aromatic carbocycles. The molecule has 2 aromatic heterocycles. The summed E-state index contributed by atoms with van der Waals surface area (Å²) in [6.07, 6.45) is 3.82. The van der Waals surface area contributed by atoms with E-state index in [2.05, 4.69) is 15.2 Å². The number of hydrogen-bond acceptors (Lipinski definition) is 10. The topological polar surface area (TPSA) is 130 Å². The van der Waals surface area contributed by atoms with Crippen molar-refractivity contribution in [3.63, 3.8) is 0 Å². The Bertz CT molecular complexity index is 1710. The monoisotopic (exact) mass is 733 g/mol. The first-order chi connectivity index (χ1) is 23.2. The number of ether oxygens (including phenoxy) is 4. The SMILES string of the molecule is COc1ccc([C@H](Cc2c(Cl)c[nH+]cc2Cl)OC(=O)c2ccc(CNC(C(=O)OC3CCN(C)CC3)c3ccccc3F)s2)cc1OC.[OH-]. The number of piperidine rings is 1. The normalized spacial score (nSPS) is 14.7. The number of carbonyl (C=O) groups excluding carboxylic acids is 2. The van der Waals surface area contributed by atoms with Gasteiger partial charge in [0, 0.05) is 42.1 Å². The first-order valence-electron chi connectivity index (χ1n) is 15.4. The molecule has 1 aliphatic rings. The van der Waals surface area contributed by atoms with E-state index in [9.17, 15) is 14.0 Å². The number of carbonyl (C=O) groups is 2. The number of nitrogens with zero attached hydrogens (tertiary/aromatic N) is 1. The summed E-state index contributed by atoms with van der Waals surface area (Å²) >= 11 is 14.1. The molecule has 10 nitrogen and oxygen atoms in total. The molecule has 1 saturated heterocycles. The van der Waals surface area contributed by atoms with Gasteiger partial charge in [-0.3, -0.25) is 5.32 Å². The summed E-state index contributed by atoms with van der Waals surface area (Å²) in [5.41, 5.74) is 1.45. The number of thiophene rings is 1. The van der Waals surface area contributed by atoms with E-state index in [1.54, 1.807) is 60.9 Å². The summed E-state index contributed by atoms with van der Waals surface area (Å²) in [5, 5.41) is 3.95. The van der Waals surface area contributed by atoms with Gasteiger partial charge in [0.15, 0.2) is 23.9 Å². The fourth-order valence-electron chi connectivity index (χ4n) is 5.47. The predicted octanol–water partition coefficient (Wildman–Crippen LogP) is 6.46. The maximum absolute atomic E-state index is 14.9. The number of rotatable bonds is 13. The third-order valence-electron chi connectivity index (χ3n) is 8.16. The van der Waals surface area contributed by atoms with Crippen LogP contribution >= 0.6 is 34.5 Å². The van der Waals surface area contributed by atoms with Crippen LogP contribution in [0.1, 0.15) is 56.2 Å². The Morgan fingerprint density at radius 3 is 2.39 bits per heavy atom. The Kier molecular flexibility index (Phi) is 13.8. The molecule has 14 heteroatoms. The van der Waals surface area contributed by atoms with Crippen LogP contribution < -0.4 is 19.8 Å². The van der Waals surface area contributed by atoms with Gasteiger partial charge in [0.1, 0.15) is 39.0 Å². The summed E-state index contributed by atoms with van der Waals surface area (Å²) in [6.45, 7) is 1.83. The van der Waals surface area contributed by atoms with E-state index in [0.29, 0.717) is 50.4 Å². The number of H-pyrrole nitrogens is 1.